The predicted molar refractivity (Wildman–Crippen MR) is 59.4 cm³/mol. The van der Waals surface area contributed by atoms with Crippen LogP contribution in [0.3, 0.4) is 0 Å². The number of aryl methyl sites for hydroxylation is 1. The smallest absolute Gasteiger partial charge is 0.247 e. The van der Waals surface area contributed by atoms with Gasteiger partial charge in [0.2, 0.25) is 10.0 Å². The monoisotopic (exact) mass is 248 g/mol. The fraction of sp³-hybridized carbons (Fsp3) is 0.625. The lowest BCUT2D eigenvalue weighted by Gasteiger charge is -2.05. The minimum Gasteiger partial charge on any atom is -0.380 e. The molecule has 0 bridgehead atoms. The molecule has 8 heteroatoms. The van der Waals surface area contributed by atoms with Crippen molar-refractivity contribution in [2.75, 3.05) is 25.9 Å². The molecule has 1 rings (SSSR count). The highest BCUT2D eigenvalue weighted by molar-refractivity contribution is 7.89. The van der Waals surface area contributed by atoms with E-state index in [0.29, 0.717) is 13.0 Å². The van der Waals surface area contributed by atoms with Gasteiger partial charge in [-0.2, -0.15) is 0 Å². The number of nitrogens with one attached hydrogen (secondary N) is 2. The predicted octanol–water partition coefficient (Wildman–Crippen LogP) is -0.547. The average Bonchev–Trinajstić information content (AvgIpc) is 2.54. The lowest BCUT2D eigenvalue weighted by atomic mass is 10.4. The molecule has 0 saturated heterocycles. The Kier molecular flexibility index (Phi) is 4.27. The maximum absolute atomic E-state index is 11.8. The Morgan fingerprint density at radius 3 is 2.62 bits per heavy atom. The summed E-state index contributed by atoms with van der Waals surface area (Å²) in [5, 5.41) is 6.32. The Bertz CT molecular complexity index is 421. The quantitative estimate of drug-likeness (QED) is 0.583. The van der Waals surface area contributed by atoms with E-state index in [4.69, 9.17) is 10.3 Å². The fourth-order valence-electron chi connectivity index (χ4n) is 1.25. The van der Waals surface area contributed by atoms with Gasteiger partial charge in [0.25, 0.3) is 0 Å². The number of rotatable bonds is 6. The second-order valence-electron chi connectivity index (χ2n) is 3.31. The van der Waals surface area contributed by atoms with E-state index in [0.717, 1.165) is 6.54 Å². The third-order valence-electron chi connectivity index (χ3n) is 2.00. The molecule has 4 N–H and O–H groups in total. The van der Waals surface area contributed by atoms with Gasteiger partial charge < -0.3 is 15.6 Å². The maximum Gasteiger partial charge on any atom is 0.247 e. The van der Waals surface area contributed by atoms with E-state index >= 15 is 0 Å². The highest BCUT2D eigenvalue weighted by Gasteiger charge is 2.24. The van der Waals surface area contributed by atoms with Gasteiger partial charge >= 0.3 is 0 Å². The summed E-state index contributed by atoms with van der Waals surface area (Å²) < 4.78 is 30.7. The summed E-state index contributed by atoms with van der Waals surface area (Å²) in [6.45, 7) is 2.58. The van der Waals surface area contributed by atoms with E-state index in [1.165, 1.54) is 6.92 Å². The molecule has 1 aromatic heterocycles. The van der Waals surface area contributed by atoms with Crippen molar-refractivity contribution in [2.45, 2.75) is 18.2 Å². The van der Waals surface area contributed by atoms with Gasteiger partial charge in [0.1, 0.15) is 0 Å². The molecule has 0 amide bonds. The number of hydrogen-bond acceptors (Lipinski definition) is 6. The molecular formula is C8H16N4O3S. The van der Waals surface area contributed by atoms with Crippen LogP contribution in [0, 0.1) is 6.92 Å². The van der Waals surface area contributed by atoms with Gasteiger partial charge in [-0.3, -0.25) is 0 Å². The second-order valence-corrected chi connectivity index (χ2v) is 5.01. The van der Waals surface area contributed by atoms with E-state index in [2.05, 4.69) is 15.2 Å². The lowest BCUT2D eigenvalue weighted by molar-refractivity contribution is 0.396. The molecule has 0 aliphatic rings. The standard InChI is InChI=1S/C8H16N4O3S/c1-6-7(8(9)12-15-6)16(13,14)11-5-3-4-10-2/h10-11H,3-5H2,1-2H3,(H2,9,12). The van der Waals surface area contributed by atoms with Crippen LogP contribution in [0.2, 0.25) is 0 Å². The summed E-state index contributed by atoms with van der Waals surface area (Å²) in [6.07, 6.45) is 0.694. The van der Waals surface area contributed by atoms with Gasteiger partial charge in [-0.15, -0.1) is 0 Å². The Hall–Kier alpha value is -1.12. The van der Waals surface area contributed by atoms with Crippen LogP contribution in [0.25, 0.3) is 0 Å². The van der Waals surface area contributed by atoms with Crippen molar-refractivity contribution < 1.29 is 12.9 Å². The average molecular weight is 248 g/mol. The summed E-state index contributed by atoms with van der Waals surface area (Å²) in [5.74, 6) is 0.0808. The van der Waals surface area contributed by atoms with Gasteiger partial charge in [-0.1, -0.05) is 5.16 Å². The van der Waals surface area contributed by atoms with Crippen LogP contribution in [0.15, 0.2) is 9.42 Å². The van der Waals surface area contributed by atoms with Crippen LogP contribution in [0.5, 0.6) is 0 Å². The summed E-state index contributed by atoms with van der Waals surface area (Å²) in [4.78, 5) is -0.0723. The number of nitrogen functional groups attached to an aromatic ring is 1. The zero-order valence-corrected chi connectivity index (χ0v) is 10.1. The SMILES string of the molecule is CNCCCNS(=O)(=O)c1c(N)noc1C. The van der Waals surface area contributed by atoms with E-state index in [1.54, 1.807) is 7.05 Å². The Balaban J connectivity index is 2.71. The molecule has 0 unspecified atom stereocenters. The minimum atomic E-state index is -3.62. The van der Waals surface area contributed by atoms with Crippen LogP contribution in [-0.2, 0) is 10.0 Å². The van der Waals surface area contributed by atoms with Gasteiger partial charge in [-0.25, -0.2) is 13.1 Å². The first-order chi connectivity index (χ1) is 7.49. The maximum atomic E-state index is 11.8. The van der Waals surface area contributed by atoms with Crippen LogP contribution >= 0.6 is 0 Å². The lowest BCUT2D eigenvalue weighted by Crippen LogP contribution is -2.27. The Morgan fingerprint density at radius 1 is 1.44 bits per heavy atom. The van der Waals surface area contributed by atoms with Crippen molar-refractivity contribution in [1.82, 2.24) is 15.2 Å². The Morgan fingerprint density at radius 2 is 2.12 bits per heavy atom. The number of nitrogens with two attached hydrogens (primary N) is 1. The molecule has 1 aromatic rings. The third-order valence-corrected chi connectivity index (χ3v) is 3.62. The topological polar surface area (TPSA) is 110 Å². The van der Waals surface area contributed by atoms with Gasteiger partial charge in [0, 0.05) is 6.54 Å². The molecule has 0 saturated carbocycles. The van der Waals surface area contributed by atoms with Crippen molar-refractivity contribution in [3.8, 4) is 0 Å². The van der Waals surface area contributed by atoms with Crippen LogP contribution in [-0.4, -0.2) is 33.7 Å². The summed E-state index contributed by atoms with van der Waals surface area (Å²) >= 11 is 0. The molecule has 92 valence electrons. The van der Waals surface area contributed by atoms with E-state index < -0.39 is 10.0 Å². The molecule has 0 fully saturated rings. The molecule has 0 aromatic carbocycles. The molecule has 1 heterocycles. The van der Waals surface area contributed by atoms with E-state index in [-0.39, 0.29) is 16.5 Å². The molecule has 0 spiro atoms. The first-order valence-electron chi connectivity index (χ1n) is 4.85. The van der Waals surface area contributed by atoms with Gasteiger partial charge in [0.15, 0.2) is 16.5 Å². The van der Waals surface area contributed by atoms with E-state index in [9.17, 15) is 8.42 Å². The van der Waals surface area contributed by atoms with Crippen LogP contribution < -0.4 is 15.8 Å². The van der Waals surface area contributed by atoms with Crippen molar-refractivity contribution in [3.05, 3.63) is 5.76 Å². The molecule has 0 aliphatic carbocycles. The third kappa shape index (κ3) is 2.94. The van der Waals surface area contributed by atoms with Crippen molar-refractivity contribution in [1.29, 1.82) is 0 Å². The number of hydrogen-bond donors (Lipinski definition) is 3. The minimum absolute atomic E-state index is 0.0723. The first kappa shape index (κ1) is 12.9. The van der Waals surface area contributed by atoms with Gasteiger partial charge in [-0.05, 0) is 26.9 Å². The molecular weight excluding hydrogens is 232 g/mol. The fourth-order valence-corrected chi connectivity index (χ4v) is 2.54. The largest absolute Gasteiger partial charge is 0.380 e. The van der Waals surface area contributed by atoms with Gasteiger partial charge in [0.05, 0.1) is 0 Å². The summed E-state index contributed by atoms with van der Waals surface area (Å²) in [7, 11) is -1.82. The van der Waals surface area contributed by atoms with Crippen LogP contribution in [0.1, 0.15) is 12.2 Å². The summed E-state index contributed by atoms with van der Waals surface area (Å²) in [5.41, 5.74) is 5.42. The summed E-state index contributed by atoms with van der Waals surface area (Å²) in [6, 6.07) is 0. The van der Waals surface area contributed by atoms with E-state index in [1.807, 2.05) is 0 Å². The molecule has 16 heavy (non-hydrogen) atoms. The molecule has 7 nitrogen and oxygen atoms in total. The van der Waals surface area contributed by atoms with Crippen LogP contribution in [0.4, 0.5) is 5.82 Å². The Labute approximate surface area is 94.4 Å². The molecule has 0 aliphatic heterocycles. The number of anilines is 1. The zero-order valence-electron chi connectivity index (χ0n) is 9.28. The normalized spacial score (nSPS) is 11.9. The first-order valence-corrected chi connectivity index (χ1v) is 6.33. The highest BCUT2D eigenvalue weighted by Crippen LogP contribution is 2.20. The number of sulfonamides is 1. The second kappa shape index (κ2) is 5.28. The highest BCUT2D eigenvalue weighted by atomic mass is 32.2. The molecule has 0 atom stereocenters. The number of nitrogens with zero attached hydrogens (tertiary/aromatic N) is 1. The number of aromatic nitrogens is 1. The zero-order chi connectivity index (χ0) is 12.2. The molecule has 0 radical (unpaired) electrons. The van der Waals surface area contributed by atoms with Crippen molar-refractivity contribution in [2.24, 2.45) is 0 Å². The van der Waals surface area contributed by atoms with Crippen molar-refractivity contribution in [3.63, 3.8) is 0 Å². The van der Waals surface area contributed by atoms with Crippen molar-refractivity contribution >= 4 is 15.8 Å².